The third kappa shape index (κ3) is 3.67. The van der Waals surface area contributed by atoms with Crippen LogP contribution in [0.4, 0.5) is 5.69 Å². The maximum Gasteiger partial charge on any atom is 0.307 e. The van der Waals surface area contributed by atoms with E-state index in [0.29, 0.717) is 5.58 Å². The minimum Gasteiger partial charge on any atom is -0.451 e. The van der Waals surface area contributed by atoms with E-state index in [-0.39, 0.29) is 17.2 Å². The summed E-state index contributed by atoms with van der Waals surface area (Å²) < 4.78 is 6.54. The number of rotatable bonds is 3. The Morgan fingerprint density at radius 2 is 1.97 bits per heavy atom. The van der Waals surface area contributed by atoms with E-state index in [1.54, 1.807) is 12.3 Å². The number of aryl methyl sites for hydroxylation is 1. The lowest BCUT2D eigenvalue weighted by Gasteiger charge is -2.41. The molecule has 0 radical (unpaired) electrons. The molecule has 0 saturated carbocycles. The molecule has 1 aliphatic heterocycles. The Labute approximate surface area is 184 Å². The monoisotopic (exact) mass is 465 g/mol. The molecule has 154 valence electrons. The van der Waals surface area contributed by atoms with Crippen molar-refractivity contribution in [3.8, 4) is 0 Å². The maximum absolute atomic E-state index is 12.4. The summed E-state index contributed by atoms with van der Waals surface area (Å²) in [6, 6.07) is 11.6. The molecule has 30 heavy (non-hydrogen) atoms. The summed E-state index contributed by atoms with van der Waals surface area (Å²) in [6.07, 6.45) is 3.95. The molecule has 6 heteroatoms. The van der Waals surface area contributed by atoms with Gasteiger partial charge >= 0.3 is 5.91 Å². The molecule has 0 atom stereocenters. The van der Waals surface area contributed by atoms with Crippen molar-refractivity contribution in [1.29, 1.82) is 0 Å². The second kappa shape index (κ2) is 7.43. The fourth-order valence-electron chi connectivity index (χ4n) is 3.80. The zero-order valence-corrected chi connectivity index (χ0v) is 19.3. The number of benzene rings is 2. The van der Waals surface area contributed by atoms with Crippen LogP contribution in [-0.2, 0) is 0 Å². The molecule has 1 N–H and O–H groups in total. The average Bonchev–Trinajstić information content (AvgIpc) is 3.10. The van der Waals surface area contributed by atoms with E-state index in [4.69, 9.17) is 4.42 Å². The summed E-state index contributed by atoms with van der Waals surface area (Å²) in [4.78, 5) is 14.7. The molecule has 1 aromatic heterocycles. The summed E-state index contributed by atoms with van der Waals surface area (Å²) in [5.41, 5.74) is 8.86. The first kappa shape index (κ1) is 20.4. The van der Waals surface area contributed by atoms with Gasteiger partial charge in [-0.3, -0.25) is 4.79 Å². The summed E-state index contributed by atoms with van der Waals surface area (Å²) in [5, 5.41) is 5.02. The van der Waals surface area contributed by atoms with Crippen molar-refractivity contribution < 1.29 is 9.21 Å². The standard InChI is InChI=1S/C24H24BrN3O2/c1-14-8-20-19(15(2)12-24(3,4)28(20)5)10-17(14)13-26-27-23(29)22-11-16-9-18(25)6-7-21(16)30-22/h6-13H,1-5H3,(H,27,29)/b26-13-. The predicted molar refractivity (Wildman–Crippen MR) is 126 cm³/mol. The van der Waals surface area contributed by atoms with Gasteiger partial charge in [0.2, 0.25) is 0 Å². The zero-order chi connectivity index (χ0) is 21.6. The molecule has 0 unspecified atom stereocenters. The number of likely N-dealkylation sites (N-methyl/N-ethyl adjacent to an activating group) is 1. The highest BCUT2D eigenvalue weighted by Crippen LogP contribution is 2.39. The fraction of sp³-hybridized carbons (Fsp3) is 0.250. The number of halogens is 1. The van der Waals surface area contributed by atoms with Crippen LogP contribution in [-0.4, -0.2) is 24.7 Å². The van der Waals surface area contributed by atoms with Crippen molar-refractivity contribution in [2.75, 3.05) is 11.9 Å². The molecule has 4 rings (SSSR count). The van der Waals surface area contributed by atoms with E-state index in [9.17, 15) is 4.79 Å². The van der Waals surface area contributed by atoms with E-state index in [0.717, 1.165) is 21.0 Å². The Hall–Kier alpha value is -2.86. The van der Waals surface area contributed by atoms with Crippen LogP contribution >= 0.6 is 15.9 Å². The van der Waals surface area contributed by atoms with Crippen molar-refractivity contribution in [3.05, 3.63) is 69.4 Å². The second-order valence-electron chi connectivity index (χ2n) is 8.26. The first-order chi connectivity index (χ1) is 14.2. The third-order valence-corrected chi connectivity index (χ3v) is 6.17. The minimum absolute atomic E-state index is 0.0325. The van der Waals surface area contributed by atoms with E-state index in [1.165, 1.54) is 16.8 Å². The quantitative estimate of drug-likeness (QED) is 0.386. The summed E-state index contributed by atoms with van der Waals surface area (Å²) >= 11 is 3.42. The van der Waals surface area contributed by atoms with Crippen molar-refractivity contribution in [2.45, 2.75) is 33.2 Å². The van der Waals surface area contributed by atoms with Gasteiger partial charge in [0.15, 0.2) is 5.76 Å². The van der Waals surface area contributed by atoms with Crippen LogP contribution in [0.25, 0.3) is 16.5 Å². The molecule has 0 fully saturated rings. The lowest BCUT2D eigenvalue weighted by Crippen LogP contribution is -2.42. The lowest BCUT2D eigenvalue weighted by atomic mass is 9.87. The normalized spacial score (nSPS) is 15.4. The number of nitrogens with zero attached hydrogens (tertiary/aromatic N) is 2. The molecule has 5 nitrogen and oxygen atoms in total. The Kier molecular flexibility index (Phi) is 5.06. The molecule has 0 bridgehead atoms. The highest BCUT2D eigenvalue weighted by Gasteiger charge is 2.28. The number of carbonyl (C=O) groups is 1. The molecule has 2 aromatic carbocycles. The zero-order valence-electron chi connectivity index (χ0n) is 17.7. The number of carbonyl (C=O) groups excluding carboxylic acids is 1. The number of hydrazone groups is 1. The number of hydrogen-bond acceptors (Lipinski definition) is 4. The van der Waals surface area contributed by atoms with E-state index >= 15 is 0 Å². The van der Waals surface area contributed by atoms with Crippen LogP contribution in [0.5, 0.6) is 0 Å². The molecule has 0 spiro atoms. The number of anilines is 1. The fourth-order valence-corrected chi connectivity index (χ4v) is 4.18. The lowest BCUT2D eigenvalue weighted by molar-refractivity contribution is 0.0929. The SMILES string of the molecule is CC1=CC(C)(C)N(C)c2cc(C)c(/C=N\NC(=O)c3cc4cc(Br)ccc4o3)cc21. The first-order valence-corrected chi connectivity index (χ1v) is 10.6. The summed E-state index contributed by atoms with van der Waals surface area (Å²) in [5.74, 6) is -0.156. The topological polar surface area (TPSA) is 57.8 Å². The van der Waals surface area contributed by atoms with Crippen molar-refractivity contribution >= 4 is 50.3 Å². The van der Waals surface area contributed by atoms with Crippen molar-refractivity contribution in [3.63, 3.8) is 0 Å². The first-order valence-electron chi connectivity index (χ1n) is 9.76. The van der Waals surface area contributed by atoms with Crippen LogP contribution in [0.15, 0.2) is 56.5 Å². The maximum atomic E-state index is 12.4. The number of fused-ring (bicyclic) bond motifs is 2. The number of hydrogen-bond donors (Lipinski definition) is 1. The molecule has 2 heterocycles. The average molecular weight is 466 g/mol. The van der Waals surface area contributed by atoms with Gasteiger partial charge in [-0.25, -0.2) is 5.43 Å². The van der Waals surface area contributed by atoms with Gasteiger partial charge in [-0.15, -0.1) is 0 Å². The molecular weight excluding hydrogens is 442 g/mol. The van der Waals surface area contributed by atoms with Crippen LogP contribution in [0.3, 0.4) is 0 Å². The summed E-state index contributed by atoms with van der Waals surface area (Å²) in [6.45, 7) is 8.59. The van der Waals surface area contributed by atoms with E-state index in [2.05, 4.69) is 84.3 Å². The predicted octanol–water partition coefficient (Wildman–Crippen LogP) is 5.90. The van der Waals surface area contributed by atoms with Gasteiger partial charge in [0, 0.05) is 28.2 Å². The Bertz CT molecular complexity index is 1220. The van der Waals surface area contributed by atoms with Crippen molar-refractivity contribution in [2.24, 2.45) is 5.10 Å². The van der Waals surface area contributed by atoms with Crippen LogP contribution in [0.2, 0.25) is 0 Å². The Balaban J connectivity index is 1.55. The molecule has 0 aliphatic carbocycles. The second-order valence-corrected chi connectivity index (χ2v) is 9.17. The van der Waals surface area contributed by atoms with E-state index in [1.807, 2.05) is 18.2 Å². The Morgan fingerprint density at radius 1 is 1.20 bits per heavy atom. The molecule has 1 amide bonds. The smallest absolute Gasteiger partial charge is 0.307 e. The van der Waals surface area contributed by atoms with Crippen LogP contribution < -0.4 is 10.3 Å². The van der Waals surface area contributed by atoms with E-state index < -0.39 is 0 Å². The number of furan rings is 1. The highest BCUT2D eigenvalue weighted by molar-refractivity contribution is 9.10. The van der Waals surface area contributed by atoms with Crippen LogP contribution in [0, 0.1) is 6.92 Å². The number of amides is 1. The van der Waals surface area contributed by atoms with Gasteiger partial charge in [-0.05, 0) is 80.8 Å². The largest absolute Gasteiger partial charge is 0.451 e. The molecule has 1 aliphatic rings. The van der Waals surface area contributed by atoms with Gasteiger partial charge in [-0.2, -0.15) is 5.10 Å². The third-order valence-electron chi connectivity index (χ3n) is 5.68. The van der Waals surface area contributed by atoms with Crippen molar-refractivity contribution in [1.82, 2.24) is 5.43 Å². The number of allylic oxidation sites excluding steroid dienone is 1. The highest BCUT2D eigenvalue weighted by atomic mass is 79.9. The Morgan fingerprint density at radius 3 is 2.73 bits per heavy atom. The van der Waals surface area contributed by atoms with Gasteiger partial charge in [0.1, 0.15) is 5.58 Å². The molecule has 3 aromatic rings. The van der Waals surface area contributed by atoms with Gasteiger partial charge in [-0.1, -0.05) is 22.0 Å². The summed E-state index contributed by atoms with van der Waals surface area (Å²) in [7, 11) is 2.11. The van der Waals surface area contributed by atoms with Gasteiger partial charge in [0.25, 0.3) is 0 Å². The molecular formula is C24H24BrN3O2. The van der Waals surface area contributed by atoms with Gasteiger partial charge < -0.3 is 9.32 Å². The van der Waals surface area contributed by atoms with Gasteiger partial charge in [0.05, 0.1) is 11.8 Å². The minimum atomic E-state index is -0.383. The van der Waals surface area contributed by atoms with Crippen LogP contribution in [0.1, 0.15) is 48.0 Å². The number of nitrogens with one attached hydrogen (secondary N) is 1. The molecule has 0 saturated heterocycles.